The molecule has 0 saturated heterocycles. The Morgan fingerprint density at radius 3 is 2.50 bits per heavy atom. The maximum absolute atomic E-state index is 12.2. The molecule has 1 rings (SSSR count). The zero-order chi connectivity index (χ0) is 9.19. The SMILES string of the molecule is COc1ccc(S(=O)(=O)F)nc1. The van der Waals surface area contributed by atoms with Gasteiger partial charge >= 0.3 is 10.2 Å². The molecule has 0 spiro atoms. The molecule has 0 amide bonds. The summed E-state index contributed by atoms with van der Waals surface area (Å²) in [6.45, 7) is 0. The molecule has 0 saturated carbocycles. The second-order valence-corrected chi connectivity index (χ2v) is 3.27. The van der Waals surface area contributed by atoms with Crippen LogP contribution < -0.4 is 4.74 Å². The van der Waals surface area contributed by atoms with Gasteiger partial charge in [-0.05, 0) is 12.1 Å². The normalized spacial score (nSPS) is 11.2. The van der Waals surface area contributed by atoms with Crippen molar-refractivity contribution in [1.82, 2.24) is 4.98 Å². The van der Waals surface area contributed by atoms with Crippen LogP contribution in [0.4, 0.5) is 3.89 Å². The summed E-state index contributed by atoms with van der Waals surface area (Å²) in [5.74, 6) is 0.377. The van der Waals surface area contributed by atoms with Crippen LogP contribution in [0.15, 0.2) is 23.4 Å². The molecule has 1 aromatic heterocycles. The summed E-state index contributed by atoms with van der Waals surface area (Å²) >= 11 is 0. The molecule has 0 bridgehead atoms. The van der Waals surface area contributed by atoms with Crippen molar-refractivity contribution >= 4 is 10.2 Å². The number of hydrogen-bond donors (Lipinski definition) is 0. The zero-order valence-corrected chi connectivity index (χ0v) is 7.01. The maximum Gasteiger partial charge on any atom is 0.349 e. The van der Waals surface area contributed by atoms with Crippen molar-refractivity contribution < 1.29 is 17.0 Å². The van der Waals surface area contributed by atoms with Crippen LogP contribution in [0.1, 0.15) is 0 Å². The molecular formula is C6H6FNO3S. The second kappa shape index (κ2) is 3.06. The minimum Gasteiger partial charge on any atom is -0.495 e. The van der Waals surface area contributed by atoms with Gasteiger partial charge in [0.05, 0.1) is 13.3 Å². The minimum absolute atomic E-state index is 0.377. The van der Waals surface area contributed by atoms with Crippen LogP contribution in [0, 0.1) is 0 Å². The summed E-state index contributed by atoms with van der Waals surface area (Å²) in [4.78, 5) is 3.33. The Hall–Kier alpha value is -1.17. The number of hydrogen-bond acceptors (Lipinski definition) is 4. The van der Waals surface area contributed by atoms with E-state index in [1.54, 1.807) is 0 Å². The lowest BCUT2D eigenvalue weighted by atomic mass is 10.5. The standard InChI is InChI=1S/C6H6FNO3S/c1-11-5-2-3-6(8-4-5)12(7,9)10/h2-4H,1H3. The monoisotopic (exact) mass is 191 g/mol. The van der Waals surface area contributed by atoms with Crippen molar-refractivity contribution in [3.63, 3.8) is 0 Å². The highest BCUT2D eigenvalue weighted by molar-refractivity contribution is 7.86. The fraction of sp³-hybridized carbons (Fsp3) is 0.167. The van der Waals surface area contributed by atoms with Gasteiger partial charge in [-0.2, -0.15) is 8.42 Å². The minimum atomic E-state index is -4.69. The lowest BCUT2D eigenvalue weighted by Gasteiger charge is -1.97. The summed E-state index contributed by atoms with van der Waals surface area (Å²) in [6.07, 6.45) is 1.13. The van der Waals surface area contributed by atoms with Crippen molar-refractivity contribution in [3.8, 4) is 5.75 Å². The molecular weight excluding hydrogens is 185 g/mol. The first-order chi connectivity index (χ1) is 5.54. The number of pyridine rings is 1. The first-order valence-corrected chi connectivity index (χ1v) is 4.37. The van der Waals surface area contributed by atoms with Gasteiger partial charge in [0.25, 0.3) is 0 Å². The van der Waals surface area contributed by atoms with Crippen LogP contribution in [-0.4, -0.2) is 20.5 Å². The van der Waals surface area contributed by atoms with E-state index in [2.05, 4.69) is 4.98 Å². The third-order valence-corrected chi connectivity index (χ3v) is 1.94. The van der Waals surface area contributed by atoms with Gasteiger partial charge in [-0.15, -0.1) is 0 Å². The van der Waals surface area contributed by atoms with E-state index in [0.29, 0.717) is 5.75 Å². The zero-order valence-electron chi connectivity index (χ0n) is 6.19. The smallest absolute Gasteiger partial charge is 0.349 e. The molecule has 1 heterocycles. The fourth-order valence-electron chi connectivity index (χ4n) is 0.632. The summed E-state index contributed by atoms with van der Waals surface area (Å²) in [7, 11) is -3.29. The van der Waals surface area contributed by atoms with Crippen LogP contribution in [0.5, 0.6) is 5.75 Å². The number of ether oxygens (including phenoxy) is 1. The van der Waals surface area contributed by atoms with Crippen LogP contribution in [0.3, 0.4) is 0 Å². The molecule has 0 atom stereocenters. The van der Waals surface area contributed by atoms with E-state index in [-0.39, 0.29) is 0 Å². The molecule has 0 N–H and O–H groups in total. The number of halogens is 1. The van der Waals surface area contributed by atoms with E-state index in [4.69, 9.17) is 4.74 Å². The molecule has 66 valence electrons. The summed E-state index contributed by atoms with van der Waals surface area (Å²) in [5, 5.41) is -0.608. The summed E-state index contributed by atoms with van der Waals surface area (Å²) in [6, 6.07) is 2.35. The maximum atomic E-state index is 12.2. The number of rotatable bonds is 2. The van der Waals surface area contributed by atoms with E-state index in [9.17, 15) is 12.3 Å². The van der Waals surface area contributed by atoms with Gasteiger partial charge in [-0.1, -0.05) is 3.89 Å². The molecule has 0 radical (unpaired) electrons. The van der Waals surface area contributed by atoms with Gasteiger partial charge < -0.3 is 4.74 Å². The second-order valence-electron chi connectivity index (χ2n) is 1.97. The van der Waals surface area contributed by atoms with Crippen molar-refractivity contribution in [3.05, 3.63) is 18.3 Å². The van der Waals surface area contributed by atoms with E-state index < -0.39 is 15.2 Å². The van der Waals surface area contributed by atoms with Crippen LogP contribution in [-0.2, 0) is 10.2 Å². The van der Waals surface area contributed by atoms with Crippen molar-refractivity contribution in [2.45, 2.75) is 5.03 Å². The largest absolute Gasteiger partial charge is 0.495 e. The average Bonchev–Trinajstić information content (AvgIpc) is 2.03. The molecule has 12 heavy (non-hydrogen) atoms. The van der Waals surface area contributed by atoms with Crippen LogP contribution in [0.2, 0.25) is 0 Å². The molecule has 0 aliphatic rings. The lowest BCUT2D eigenvalue weighted by molar-refractivity contribution is 0.412. The van der Waals surface area contributed by atoms with E-state index in [1.165, 1.54) is 13.2 Å². The van der Waals surface area contributed by atoms with E-state index in [1.807, 2.05) is 0 Å². The Bertz CT molecular complexity index is 359. The first kappa shape index (κ1) is 8.92. The highest BCUT2D eigenvalue weighted by atomic mass is 32.3. The molecule has 0 fully saturated rings. The van der Waals surface area contributed by atoms with Crippen LogP contribution >= 0.6 is 0 Å². The van der Waals surface area contributed by atoms with Crippen molar-refractivity contribution in [2.24, 2.45) is 0 Å². The quantitative estimate of drug-likeness (QED) is 0.647. The average molecular weight is 191 g/mol. The van der Waals surface area contributed by atoms with Gasteiger partial charge in [0.15, 0.2) is 5.03 Å². The molecule has 0 aliphatic carbocycles. The highest BCUT2D eigenvalue weighted by Crippen LogP contribution is 2.13. The summed E-state index contributed by atoms with van der Waals surface area (Å²) in [5.41, 5.74) is 0. The molecule has 0 unspecified atom stereocenters. The predicted octanol–water partition coefficient (Wildman–Crippen LogP) is 0.748. The first-order valence-electron chi connectivity index (χ1n) is 2.99. The Balaban J connectivity index is 3.09. The number of aromatic nitrogens is 1. The number of methoxy groups -OCH3 is 1. The lowest BCUT2D eigenvalue weighted by Crippen LogP contribution is -1.95. The molecule has 0 aromatic carbocycles. The van der Waals surface area contributed by atoms with Gasteiger partial charge in [0, 0.05) is 0 Å². The fourth-order valence-corrected chi connectivity index (χ4v) is 1.04. The van der Waals surface area contributed by atoms with Gasteiger partial charge in [-0.25, -0.2) is 4.98 Å². The van der Waals surface area contributed by atoms with E-state index in [0.717, 1.165) is 12.3 Å². The van der Waals surface area contributed by atoms with Crippen molar-refractivity contribution in [1.29, 1.82) is 0 Å². The third-order valence-electron chi connectivity index (χ3n) is 1.19. The van der Waals surface area contributed by atoms with Crippen molar-refractivity contribution in [2.75, 3.05) is 7.11 Å². The topological polar surface area (TPSA) is 56.3 Å². The molecule has 4 nitrogen and oxygen atoms in total. The Labute approximate surface area is 69.2 Å². The van der Waals surface area contributed by atoms with Crippen LogP contribution in [0.25, 0.3) is 0 Å². The molecule has 1 aromatic rings. The van der Waals surface area contributed by atoms with E-state index >= 15 is 0 Å². The Morgan fingerprint density at radius 1 is 1.50 bits per heavy atom. The Kier molecular flexibility index (Phi) is 2.27. The van der Waals surface area contributed by atoms with Gasteiger partial charge in [-0.3, -0.25) is 0 Å². The van der Waals surface area contributed by atoms with Gasteiger partial charge in [0.2, 0.25) is 0 Å². The predicted molar refractivity (Wildman–Crippen MR) is 39.1 cm³/mol. The third kappa shape index (κ3) is 1.91. The Morgan fingerprint density at radius 2 is 2.17 bits per heavy atom. The highest BCUT2D eigenvalue weighted by Gasteiger charge is 2.12. The molecule has 0 aliphatic heterocycles. The number of nitrogens with zero attached hydrogens (tertiary/aromatic N) is 1. The van der Waals surface area contributed by atoms with Gasteiger partial charge in [0.1, 0.15) is 5.75 Å². The molecule has 6 heteroatoms. The summed E-state index contributed by atoms with van der Waals surface area (Å²) < 4.78 is 37.5.